The van der Waals surface area contributed by atoms with Crippen LogP contribution >= 0.6 is 50.1 Å². The molecule has 0 aliphatic heterocycles. The van der Waals surface area contributed by atoms with Crippen molar-refractivity contribution < 1.29 is 0 Å². The highest BCUT2D eigenvalue weighted by atomic mass is 127. The number of aromatic nitrogens is 1. The van der Waals surface area contributed by atoms with Crippen molar-refractivity contribution in [2.24, 2.45) is 0 Å². The molecule has 2 rings (SSSR count). The topological polar surface area (TPSA) is 36.7 Å². The van der Waals surface area contributed by atoms with Crippen LogP contribution in [0.25, 0.3) is 10.6 Å². The number of halogens is 3. The van der Waals surface area contributed by atoms with Gasteiger partial charge in [0.2, 0.25) is 0 Å². The number of benzene rings is 1. The predicted molar refractivity (Wildman–Crippen MR) is 89.4 cm³/mol. The first-order valence-corrected chi connectivity index (χ1v) is 7.54. The van der Waals surface area contributed by atoms with Crippen molar-refractivity contribution in [2.75, 3.05) is 0 Å². The Hall–Kier alpha value is -0.900. The summed E-state index contributed by atoms with van der Waals surface area (Å²) in [5, 5.41) is 9.79. The van der Waals surface area contributed by atoms with Crippen molar-refractivity contribution in [3.8, 4) is 6.07 Å². The van der Waals surface area contributed by atoms with Gasteiger partial charge >= 0.3 is 0 Å². The van der Waals surface area contributed by atoms with Crippen molar-refractivity contribution >= 4 is 60.7 Å². The van der Waals surface area contributed by atoms with Gasteiger partial charge in [-0.05, 0) is 58.5 Å². The monoisotopic (exact) mass is 444 g/mol. The minimum Gasteiger partial charge on any atom is -0.265 e. The van der Waals surface area contributed by atoms with Crippen LogP contribution in [0.5, 0.6) is 0 Å². The standard InChI is InChI=1S/C14H7BrClIN2/c15-10-1-2-13(17)11(7-10)14(16)12(8-18)9-3-5-19-6-4-9/h1-7H/b14-12-. The number of hydrogen-bond donors (Lipinski definition) is 0. The van der Waals surface area contributed by atoms with E-state index >= 15 is 0 Å². The maximum atomic E-state index is 9.34. The fourth-order valence-corrected chi connectivity index (χ4v) is 2.99. The summed E-state index contributed by atoms with van der Waals surface area (Å²) in [6, 6.07) is 11.5. The van der Waals surface area contributed by atoms with Gasteiger partial charge < -0.3 is 0 Å². The normalized spacial score (nSPS) is 11.7. The zero-order valence-electron chi connectivity index (χ0n) is 9.57. The highest BCUT2D eigenvalue weighted by Gasteiger charge is 2.12. The number of pyridine rings is 1. The van der Waals surface area contributed by atoms with Crippen LogP contribution in [0.1, 0.15) is 11.1 Å². The molecule has 0 spiro atoms. The summed E-state index contributed by atoms with van der Waals surface area (Å²) in [5.41, 5.74) is 2.04. The molecule has 0 radical (unpaired) electrons. The summed E-state index contributed by atoms with van der Waals surface area (Å²) in [7, 11) is 0. The molecular weight excluding hydrogens is 438 g/mol. The van der Waals surface area contributed by atoms with Gasteiger partial charge in [0.25, 0.3) is 0 Å². The van der Waals surface area contributed by atoms with Gasteiger partial charge in [0.15, 0.2) is 0 Å². The molecule has 0 bridgehead atoms. The SMILES string of the molecule is N#C/C(=C(/Cl)c1cc(Br)ccc1I)c1ccncc1. The van der Waals surface area contributed by atoms with Gasteiger partial charge in [-0.25, -0.2) is 0 Å². The van der Waals surface area contributed by atoms with Gasteiger partial charge in [-0.1, -0.05) is 27.5 Å². The Labute approximate surface area is 138 Å². The van der Waals surface area contributed by atoms with E-state index < -0.39 is 0 Å². The predicted octanol–water partition coefficient (Wildman–Crippen LogP) is 5.08. The third kappa shape index (κ3) is 3.35. The zero-order chi connectivity index (χ0) is 13.8. The van der Waals surface area contributed by atoms with Crippen LogP contribution in [0, 0.1) is 14.9 Å². The molecule has 1 heterocycles. The van der Waals surface area contributed by atoms with Crippen molar-refractivity contribution in [3.05, 3.63) is 61.9 Å². The van der Waals surface area contributed by atoms with Crippen LogP contribution in [0.2, 0.25) is 0 Å². The van der Waals surface area contributed by atoms with E-state index in [9.17, 15) is 5.26 Å². The fraction of sp³-hybridized carbons (Fsp3) is 0. The van der Waals surface area contributed by atoms with E-state index in [1.165, 1.54) is 0 Å². The van der Waals surface area contributed by atoms with Crippen LogP contribution < -0.4 is 0 Å². The number of allylic oxidation sites excluding steroid dienone is 1. The molecule has 0 saturated carbocycles. The van der Waals surface area contributed by atoms with Crippen molar-refractivity contribution in [3.63, 3.8) is 0 Å². The highest BCUT2D eigenvalue weighted by Crippen LogP contribution is 2.33. The average Bonchev–Trinajstić information content (AvgIpc) is 2.43. The first-order valence-electron chi connectivity index (χ1n) is 5.29. The van der Waals surface area contributed by atoms with Crippen molar-refractivity contribution in [1.29, 1.82) is 5.26 Å². The van der Waals surface area contributed by atoms with Crippen molar-refractivity contribution in [1.82, 2.24) is 4.98 Å². The third-order valence-corrected chi connectivity index (χ3v) is 4.29. The van der Waals surface area contributed by atoms with Crippen LogP contribution in [0.3, 0.4) is 0 Å². The second-order valence-electron chi connectivity index (χ2n) is 3.66. The molecule has 0 fully saturated rings. The Morgan fingerprint density at radius 3 is 2.58 bits per heavy atom. The van der Waals surface area contributed by atoms with E-state index in [4.69, 9.17) is 11.6 Å². The molecule has 0 atom stereocenters. The summed E-state index contributed by atoms with van der Waals surface area (Å²) in [5.74, 6) is 0. The van der Waals surface area contributed by atoms with E-state index in [2.05, 4.69) is 49.6 Å². The first-order chi connectivity index (χ1) is 9.13. The van der Waals surface area contributed by atoms with Crippen LogP contribution in [-0.2, 0) is 0 Å². The Morgan fingerprint density at radius 2 is 1.95 bits per heavy atom. The average molecular weight is 445 g/mol. The molecule has 0 aliphatic rings. The van der Waals surface area contributed by atoms with Gasteiger partial charge in [-0.15, -0.1) is 0 Å². The maximum Gasteiger partial charge on any atom is 0.101 e. The number of hydrogen-bond acceptors (Lipinski definition) is 2. The Kier molecular flexibility index (Phi) is 4.97. The summed E-state index contributed by atoms with van der Waals surface area (Å²) in [6.07, 6.45) is 3.28. The van der Waals surface area contributed by atoms with E-state index in [-0.39, 0.29) is 0 Å². The van der Waals surface area contributed by atoms with E-state index in [1.807, 2.05) is 18.2 Å². The third-order valence-electron chi connectivity index (χ3n) is 2.47. The quantitative estimate of drug-likeness (QED) is 0.478. The molecule has 2 nitrogen and oxygen atoms in total. The van der Waals surface area contributed by atoms with Gasteiger partial charge in [0.05, 0.1) is 10.6 Å². The summed E-state index contributed by atoms with van der Waals surface area (Å²) in [4.78, 5) is 3.94. The van der Waals surface area contributed by atoms with Crippen molar-refractivity contribution in [2.45, 2.75) is 0 Å². The second-order valence-corrected chi connectivity index (χ2v) is 6.12. The largest absolute Gasteiger partial charge is 0.265 e. The van der Waals surface area contributed by atoms with E-state index in [0.29, 0.717) is 10.6 Å². The molecule has 2 aromatic rings. The molecule has 0 saturated heterocycles. The minimum atomic E-state index is 0.444. The lowest BCUT2D eigenvalue weighted by atomic mass is 10.0. The number of nitrogens with zero attached hydrogens (tertiary/aromatic N) is 2. The Morgan fingerprint density at radius 1 is 1.26 bits per heavy atom. The lowest BCUT2D eigenvalue weighted by molar-refractivity contribution is 1.32. The number of rotatable bonds is 2. The lowest BCUT2D eigenvalue weighted by Crippen LogP contribution is -1.89. The lowest BCUT2D eigenvalue weighted by Gasteiger charge is -2.07. The van der Waals surface area contributed by atoms with Gasteiger partial charge in [0.1, 0.15) is 6.07 Å². The first kappa shape index (κ1) is 14.5. The minimum absolute atomic E-state index is 0.444. The van der Waals surface area contributed by atoms with E-state index in [1.54, 1.807) is 24.5 Å². The maximum absolute atomic E-state index is 9.34. The zero-order valence-corrected chi connectivity index (χ0v) is 14.1. The molecule has 1 aromatic heterocycles. The van der Waals surface area contributed by atoms with Gasteiger partial charge in [0, 0.05) is 26.0 Å². The fourth-order valence-electron chi connectivity index (χ4n) is 1.56. The summed E-state index contributed by atoms with van der Waals surface area (Å²) in [6.45, 7) is 0. The second kappa shape index (κ2) is 6.51. The van der Waals surface area contributed by atoms with Crippen LogP contribution in [0.4, 0.5) is 0 Å². The molecule has 0 amide bonds. The van der Waals surface area contributed by atoms with E-state index in [0.717, 1.165) is 19.2 Å². The Bertz CT molecular complexity index is 678. The summed E-state index contributed by atoms with van der Waals surface area (Å²) >= 11 is 12.0. The molecule has 0 N–H and O–H groups in total. The number of nitriles is 1. The molecule has 19 heavy (non-hydrogen) atoms. The molecule has 1 aromatic carbocycles. The smallest absolute Gasteiger partial charge is 0.101 e. The molecule has 0 aliphatic carbocycles. The van der Waals surface area contributed by atoms with Crippen LogP contribution in [0.15, 0.2) is 47.2 Å². The Balaban J connectivity index is 2.62. The van der Waals surface area contributed by atoms with Gasteiger partial charge in [-0.2, -0.15) is 5.26 Å². The summed E-state index contributed by atoms with van der Waals surface area (Å²) < 4.78 is 1.92. The highest BCUT2D eigenvalue weighted by molar-refractivity contribution is 14.1. The molecule has 94 valence electrons. The molecule has 5 heteroatoms. The molecule has 0 unspecified atom stereocenters. The molecular formula is C14H7BrClIN2. The van der Waals surface area contributed by atoms with Crippen LogP contribution in [-0.4, -0.2) is 4.98 Å². The van der Waals surface area contributed by atoms with Gasteiger partial charge in [-0.3, -0.25) is 4.98 Å².